The van der Waals surface area contributed by atoms with Gasteiger partial charge in [0.15, 0.2) is 0 Å². The van der Waals surface area contributed by atoms with E-state index < -0.39 is 16.0 Å². The molecule has 6 nitrogen and oxygen atoms in total. The van der Waals surface area contributed by atoms with E-state index in [1.54, 1.807) is 43.3 Å². The number of carbonyl (C=O) groups is 1. The number of halogens is 1. The average Bonchev–Trinajstić information content (AvgIpc) is 2.75. The second-order valence-electron chi connectivity index (χ2n) is 8.95. The number of hydrogen-bond acceptors (Lipinski definition) is 5. The van der Waals surface area contributed by atoms with Crippen LogP contribution in [-0.4, -0.2) is 27.1 Å². The molecule has 2 aromatic carbocycles. The molecule has 3 unspecified atom stereocenters. The van der Waals surface area contributed by atoms with Crippen molar-refractivity contribution >= 4 is 37.6 Å². The number of nitrogens with one attached hydrogen (secondary N) is 1. The van der Waals surface area contributed by atoms with Crippen molar-refractivity contribution in [2.75, 3.05) is 11.3 Å². The molecule has 1 N–H and O–H groups in total. The molecule has 2 aromatic rings. The normalized spacial score (nSPS) is 21.0. The van der Waals surface area contributed by atoms with E-state index in [2.05, 4.69) is 41.4 Å². The van der Waals surface area contributed by atoms with Crippen LogP contribution < -0.4 is 9.46 Å². The van der Waals surface area contributed by atoms with E-state index >= 15 is 0 Å². The van der Waals surface area contributed by atoms with Gasteiger partial charge in [0.05, 0.1) is 17.9 Å². The quantitative estimate of drug-likeness (QED) is 0.401. The van der Waals surface area contributed by atoms with E-state index in [0.29, 0.717) is 28.8 Å². The summed E-state index contributed by atoms with van der Waals surface area (Å²) in [5.74, 6) is 0.906. The number of sulfonamides is 1. The van der Waals surface area contributed by atoms with Crippen LogP contribution in [-0.2, 0) is 14.8 Å². The minimum atomic E-state index is -4.02. The zero-order valence-corrected chi connectivity index (χ0v) is 21.9. The summed E-state index contributed by atoms with van der Waals surface area (Å²) >= 11 is 3.32. The molecule has 0 aromatic heterocycles. The minimum Gasteiger partial charge on any atom is -0.492 e. The molecule has 3 atom stereocenters. The number of ether oxygens (including phenoxy) is 2. The lowest BCUT2D eigenvalue weighted by Gasteiger charge is -2.36. The molecule has 0 bridgehead atoms. The predicted octanol–water partition coefficient (Wildman–Crippen LogP) is 6.27. The van der Waals surface area contributed by atoms with Gasteiger partial charge in [0.2, 0.25) is 0 Å². The minimum absolute atomic E-state index is 0.0112. The largest absolute Gasteiger partial charge is 0.492 e. The Labute approximate surface area is 205 Å². The number of benzene rings is 2. The van der Waals surface area contributed by atoms with E-state index in [-0.39, 0.29) is 28.0 Å². The molecular formula is C25H32BrNO5S. The highest BCUT2D eigenvalue weighted by molar-refractivity contribution is 9.10. The van der Waals surface area contributed by atoms with Crippen LogP contribution in [0.2, 0.25) is 0 Å². The fourth-order valence-electron chi connectivity index (χ4n) is 4.37. The first-order valence-corrected chi connectivity index (χ1v) is 13.6. The Morgan fingerprint density at radius 1 is 1.18 bits per heavy atom. The Kier molecular flexibility index (Phi) is 8.45. The lowest BCUT2D eigenvalue weighted by molar-refractivity contribution is -0.0173. The second-order valence-corrected chi connectivity index (χ2v) is 11.5. The maximum absolute atomic E-state index is 13.2. The van der Waals surface area contributed by atoms with Gasteiger partial charge in [-0.15, -0.1) is 0 Å². The van der Waals surface area contributed by atoms with Crippen molar-refractivity contribution in [3.05, 3.63) is 52.5 Å². The van der Waals surface area contributed by atoms with Gasteiger partial charge in [-0.2, -0.15) is 0 Å². The topological polar surface area (TPSA) is 81.7 Å². The van der Waals surface area contributed by atoms with Crippen LogP contribution in [0.3, 0.4) is 0 Å². The maximum atomic E-state index is 13.2. The van der Waals surface area contributed by atoms with Crippen molar-refractivity contribution in [3.8, 4) is 5.75 Å². The number of para-hydroxylation sites is 1. The zero-order chi connectivity index (χ0) is 24.2. The van der Waals surface area contributed by atoms with Gasteiger partial charge in [0.25, 0.3) is 10.0 Å². The Morgan fingerprint density at radius 2 is 1.91 bits per heavy atom. The third-order valence-electron chi connectivity index (χ3n) is 6.11. The Morgan fingerprint density at radius 3 is 2.61 bits per heavy atom. The second kappa shape index (κ2) is 10.9. The summed E-state index contributed by atoms with van der Waals surface area (Å²) in [4.78, 5) is 13.2. The molecule has 1 aliphatic rings. The standard InChI is InChI=1S/C25H32BrNO5S/c1-5-31-22-13-11-18(26)15-24(22)33(29,30)27-21-9-7-6-8-20(21)25(28)32-23-14-17(4)10-12-19(23)16(2)3/h6-9,11,13,15-17,19,23,27H,5,10,12,14H2,1-4H3. The molecule has 0 heterocycles. The van der Waals surface area contributed by atoms with Crippen molar-refractivity contribution < 1.29 is 22.7 Å². The fraction of sp³-hybridized carbons (Fsp3) is 0.480. The highest BCUT2D eigenvalue weighted by Gasteiger charge is 2.34. The van der Waals surface area contributed by atoms with Crippen LogP contribution in [0.1, 0.15) is 57.3 Å². The first kappa shape index (κ1) is 25.6. The number of hydrogen-bond donors (Lipinski definition) is 1. The van der Waals surface area contributed by atoms with Crippen LogP contribution >= 0.6 is 15.9 Å². The molecule has 0 amide bonds. The van der Waals surface area contributed by atoms with Crippen molar-refractivity contribution in [2.24, 2.45) is 17.8 Å². The molecule has 8 heteroatoms. The lowest BCUT2D eigenvalue weighted by atomic mass is 9.75. The molecule has 0 saturated heterocycles. The smallest absolute Gasteiger partial charge is 0.340 e. The molecule has 1 saturated carbocycles. The summed E-state index contributed by atoms with van der Waals surface area (Å²) < 4.78 is 41.1. The van der Waals surface area contributed by atoms with Gasteiger partial charge in [0, 0.05) is 4.47 Å². The van der Waals surface area contributed by atoms with Gasteiger partial charge in [-0.1, -0.05) is 55.3 Å². The van der Waals surface area contributed by atoms with Crippen molar-refractivity contribution in [1.82, 2.24) is 0 Å². The Balaban J connectivity index is 1.88. The van der Waals surface area contributed by atoms with Crippen LogP contribution in [0.15, 0.2) is 51.8 Å². The van der Waals surface area contributed by atoms with Gasteiger partial charge < -0.3 is 9.47 Å². The third kappa shape index (κ3) is 6.29. The van der Waals surface area contributed by atoms with Gasteiger partial charge in [-0.25, -0.2) is 13.2 Å². The van der Waals surface area contributed by atoms with E-state index in [1.165, 1.54) is 6.07 Å². The Hall–Kier alpha value is -2.06. The number of carbonyl (C=O) groups excluding carboxylic acids is 1. The molecule has 3 rings (SSSR count). The SMILES string of the molecule is CCOc1ccc(Br)cc1S(=O)(=O)Nc1ccccc1C(=O)OC1CC(C)CCC1C(C)C. The Bertz CT molecular complexity index is 1090. The molecule has 0 spiro atoms. The van der Waals surface area contributed by atoms with Gasteiger partial charge in [0.1, 0.15) is 16.7 Å². The highest BCUT2D eigenvalue weighted by Crippen LogP contribution is 2.36. The molecule has 0 aliphatic heterocycles. The monoisotopic (exact) mass is 537 g/mol. The summed E-state index contributed by atoms with van der Waals surface area (Å²) in [5.41, 5.74) is 0.365. The maximum Gasteiger partial charge on any atom is 0.340 e. The van der Waals surface area contributed by atoms with Crippen LogP contribution in [0.5, 0.6) is 5.75 Å². The number of esters is 1. The fourth-order valence-corrected chi connectivity index (χ4v) is 6.13. The molecular weight excluding hydrogens is 506 g/mol. The predicted molar refractivity (Wildman–Crippen MR) is 133 cm³/mol. The summed E-state index contributed by atoms with van der Waals surface area (Å²) in [5, 5.41) is 0. The van der Waals surface area contributed by atoms with Crippen LogP contribution in [0, 0.1) is 17.8 Å². The van der Waals surface area contributed by atoms with E-state index in [9.17, 15) is 13.2 Å². The van der Waals surface area contributed by atoms with E-state index in [0.717, 1.165) is 19.3 Å². The summed E-state index contributed by atoms with van der Waals surface area (Å²) in [6, 6.07) is 11.3. The van der Waals surface area contributed by atoms with Crippen LogP contribution in [0.25, 0.3) is 0 Å². The molecule has 1 aliphatic carbocycles. The molecule has 1 fully saturated rings. The van der Waals surface area contributed by atoms with Crippen molar-refractivity contribution in [3.63, 3.8) is 0 Å². The summed E-state index contributed by atoms with van der Waals surface area (Å²) in [7, 11) is -4.02. The number of rotatable bonds is 8. The number of anilines is 1. The average molecular weight is 539 g/mol. The molecule has 180 valence electrons. The molecule has 33 heavy (non-hydrogen) atoms. The first-order valence-electron chi connectivity index (χ1n) is 11.4. The first-order chi connectivity index (χ1) is 15.6. The van der Waals surface area contributed by atoms with Crippen LogP contribution in [0.4, 0.5) is 5.69 Å². The highest BCUT2D eigenvalue weighted by atomic mass is 79.9. The van der Waals surface area contributed by atoms with Crippen molar-refractivity contribution in [2.45, 2.75) is 58.0 Å². The summed E-state index contributed by atoms with van der Waals surface area (Å²) in [6.45, 7) is 8.58. The third-order valence-corrected chi connectivity index (χ3v) is 7.99. The van der Waals surface area contributed by atoms with Gasteiger partial charge >= 0.3 is 5.97 Å². The van der Waals surface area contributed by atoms with E-state index in [1.807, 2.05) is 0 Å². The van der Waals surface area contributed by atoms with E-state index in [4.69, 9.17) is 9.47 Å². The van der Waals surface area contributed by atoms with Crippen molar-refractivity contribution in [1.29, 1.82) is 0 Å². The zero-order valence-electron chi connectivity index (χ0n) is 19.5. The molecule has 0 radical (unpaired) electrons. The van der Waals surface area contributed by atoms with Gasteiger partial charge in [-0.3, -0.25) is 4.72 Å². The summed E-state index contributed by atoms with van der Waals surface area (Å²) in [6.07, 6.45) is 2.79. The lowest BCUT2D eigenvalue weighted by Crippen LogP contribution is -2.36. The van der Waals surface area contributed by atoms with Gasteiger partial charge in [-0.05, 0) is 67.9 Å².